The van der Waals surface area contributed by atoms with Gasteiger partial charge in [0.05, 0.1) is 24.9 Å². The molecule has 0 radical (unpaired) electrons. The molecule has 0 bridgehead atoms. The Kier molecular flexibility index (Phi) is 4.57. The molecule has 2 saturated heterocycles. The molecule has 1 spiro atoms. The van der Waals surface area contributed by atoms with Crippen molar-refractivity contribution in [3.63, 3.8) is 0 Å². The molecule has 1 N–H and O–H groups in total. The van der Waals surface area contributed by atoms with Crippen molar-refractivity contribution in [2.45, 2.75) is 30.9 Å². The summed E-state index contributed by atoms with van der Waals surface area (Å²) in [4.78, 5) is 12.5. The van der Waals surface area contributed by atoms with E-state index in [1.54, 1.807) is 18.2 Å². The zero-order chi connectivity index (χ0) is 15.6. The number of amides is 1. The molecule has 3 rings (SSSR count). The number of hydrogen-bond donors (Lipinski definition) is 1. The third-order valence-electron chi connectivity index (χ3n) is 4.30. The van der Waals surface area contributed by atoms with Crippen LogP contribution in [0.2, 0.25) is 5.02 Å². The lowest BCUT2D eigenvalue weighted by Crippen LogP contribution is -2.49. The lowest BCUT2D eigenvalue weighted by molar-refractivity contribution is -0.0881. The van der Waals surface area contributed by atoms with Crippen LogP contribution in [-0.2, 0) is 9.47 Å². The Hall–Kier alpha value is -1.30. The third kappa shape index (κ3) is 3.21. The fourth-order valence-electron chi connectivity index (χ4n) is 3.13. The van der Waals surface area contributed by atoms with Crippen molar-refractivity contribution in [1.29, 1.82) is 0 Å². The summed E-state index contributed by atoms with van der Waals surface area (Å²) in [5.74, 6) is 0.338. The molecule has 6 heteroatoms. The first-order valence-electron chi connectivity index (χ1n) is 7.48. The van der Waals surface area contributed by atoms with Gasteiger partial charge in [0.25, 0.3) is 5.91 Å². The number of carbonyl (C=O) groups is 1. The second-order valence-electron chi connectivity index (χ2n) is 5.84. The van der Waals surface area contributed by atoms with Crippen LogP contribution in [0.25, 0.3) is 0 Å². The number of methoxy groups -OCH3 is 1. The maximum Gasteiger partial charge on any atom is 0.255 e. The number of hydrogen-bond acceptors (Lipinski definition) is 4. The fraction of sp³-hybridized carbons (Fsp3) is 0.562. The molecule has 2 aliphatic heterocycles. The van der Waals surface area contributed by atoms with Crippen LogP contribution in [0.4, 0.5) is 0 Å². The molecule has 120 valence electrons. The van der Waals surface area contributed by atoms with Crippen molar-refractivity contribution >= 4 is 17.5 Å². The normalized spacial score (nSPS) is 27.8. The molecule has 1 aromatic rings. The molecular formula is C16H20ClNO4. The maximum atomic E-state index is 12.5. The van der Waals surface area contributed by atoms with E-state index in [1.807, 2.05) is 0 Å². The minimum atomic E-state index is -0.222. The van der Waals surface area contributed by atoms with Crippen LogP contribution in [-0.4, -0.2) is 44.5 Å². The lowest BCUT2D eigenvalue weighted by atomic mass is 9.89. The standard InChI is InChI=1S/C16H20ClNO4/c1-20-14-8-11(17)2-3-13(14)15(19)18-12-4-6-22-16(9-12)5-7-21-10-16/h2-3,8,12H,4-7,9-10H2,1H3,(H,18,19)/t12-,16-/m1/s1. The Labute approximate surface area is 134 Å². The van der Waals surface area contributed by atoms with Crippen LogP contribution in [0, 0.1) is 0 Å². The van der Waals surface area contributed by atoms with Gasteiger partial charge in [-0.2, -0.15) is 0 Å². The lowest BCUT2D eigenvalue weighted by Gasteiger charge is -2.37. The van der Waals surface area contributed by atoms with Gasteiger partial charge in [-0.1, -0.05) is 11.6 Å². The summed E-state index contributed by atoms with van der Waals surface area (Å²) >= 11 is 5.93. The summed E-state index contributed by atoms with van der Waals surface area (Å²) in [6.07, 6.45) is 2.49. The first-order chi connectivity index (χ1) is 10.6. The molecular weight excluding hydrogens is 306 g/mol. The molecule has 0 aromatic heterocycles. The second kappa shape index (κ2) is 6.44. The van der Waals surface area contributed by atoms with Crippen LogP contribution in [0.5, 0.6) is 5.75 Å². The van der Waals surface area contributed by atoms with Crippen molar-refractivity contribution < 1.29 is 19.0 Å². The van der Waals surface area contributed by atoms with Gasteiger partial charge in [-0.05, 0) is 31.0 Å². The van der Waals surface area contributed by atoms with Gasteiger partial charge in [0.15, 0.2) is 0 Å². The monoisotopic (exact) mass is 325 g/mol. The first kappa shape index (κ1) is 15.6. The second-order valence-corrected chi connectivity index (χ2v) is 6.28. The highest BCUT2D eigenvalue weighted by molar-refractivity contribution is 6.30. The molecule has 2 atom stereocenters. The number of carbonyl (C=O) groups excluding carboxylic acids is 1. The topological polar surface area (TPSA) is 56.8 Å². The molecule has 0 saturated carbocycles. The zero-order valence-corrected chi connectivity index (χ0v) is 13.3. The molecule has 2 fully saturated rings. The average Bonchev–Trinajstić information content (AvgIpc) is 2.94. The smallest absolute Gasteiger partial charge is 0.255 e. The van der Waals surface area contributed by atoms with E-state index in [-0.39, 0.29) is 17.6 Å². The van der Waals surface area contributed by atoms with Gasteiger partial charge in [-0.15, -0.1) is 0 Å². The van der Waals surface area contributed by atoms with E-state index in [0.29, 0.717) is 29.5 Å². The third-order valence-corrected chi connectivity index (χ3v) is 4.54. The Morgan fingerprint density at radius 1 is 1.45 bits per heavy atom. The van der Waals surface area contributed by atoms with E-state index in [9.17, 15) is 4.79 Å². The summed E-state index contributed by atoms with van der Waals surface area (Å²) in [7, 11) is 1.53. The number of nitrogens with one attached hydrogen (secondary N) is 1. The Morgan fingerprint density at radius 2 is 2.32 bits per heavy atom. The van der Waals surface area contributed by atoms with E-state index in [0.717, 1.165) is 25.9 Å². The Morgan fingerprint density at radius 3 is 3.05 bits per heavy atom. The summed E-state index contributed by atoms with van der Waals surface area (Å²) in [6.45, 7) is 1.99. The minimum Gasteiger partial charge on any atom is -0.496 e. The Balaban J connectivity index is 1.69. The largest absolute Gasteiger partial charge is 0.496 e. The molecule has 1 amide bonds. The van der Waals surface area contributed by atoms with Crippen molar-refractivity contribution in [3.05, 3.63) is 28.8 Å². The van der Waals surface area contributed by atoms with Crippen LogP contribution in [0.15, 0.2) is 18.2 Å². The molecule has 0 aliphatic carbocycles. The summed E-state index contributed by atoms with van der Waals surface area (Å²) in [5, 5.41) is 3.63. The van der Waals surface area contributed by atoms with E-state index in [2.05, 4.69) is 5.32 Å². The summed E-state index contributed by atoms with van der Waals surface area (Å²) in [5.41, 5.74) is 0.274. The SMILES string of the molecule is COc1cc(Cl)ccc1C(=O)N[C@@H]1CCO[C@]2(CCOC2)C1. The average molecular weight is 326 g/mol. The highest BCUT2D eigenvalue weighted by Crippen LogP contribution is 2.33. The van der Waals surface area contributed by atoms with Crippen molar-refractivity contribution in [3.8, 4) is 5.75 Å². The van der Waals surface area contributed by atoms with Gasteiger partial charge < -0.3 is 19.5 Å². The molecule has 2 aliphatic rings. The van der Waals surface area contributed by atoms with Gasteiger partial charge in [-0.25, -0.2) is 0 Å². The number of halogens is 1. The van der Waals surface area contributed by atoms with Crippen LogP contribution in [0.3, 0.4) is 0 Å². The fourth-order valence-corrected chi connectivity index (χ4v) is 3.29. The molecule has 0 unspecified atom stereocenters. The van der Waals surface area contributed by atoms with E-state index in [1.165, 1.54) is 7.11 Å². The predicted molar refractivity (Wildman–Crippen MR) is 82.6 cm³/mol. The van der Waals surface area contributed by atoms with Crippen LogP contribution in [0.1, 0.15) is 29.6 Å². The van der Waals surface area contributed by atoms with Crippen molar-refractivity contribution in [1.82, 2.24) is 5.32 Å². The molecule has 2 heterocycles. The zero-order valence-electron chi connectivity index (χ0n) is 12.6. The van der Waals surface area contributed by atoms with E-state index < -0.39 is 0 Å². The van der Waals surface area contributed by atoms with Gasteiger partial charge >= 0.3 is 0 Å². The predicted octanol–water partition coefficient (Wildman–Crippen LogP) is 2.42. The van der Waals surface area contributed by atoms with E-state index in [4.69, 9.17) is 25.8 Å². The van der Waals surface area contributed by atoms with Gasteiger partial charge in [0.1, 0.15) is 5.75 Å². The summed E-state index contributed by atoms with van der Waals surface area (Å²) < 4.78 is 16.6. The highest BCUT2D eigenvalue weighted by Gasteiger charge is 2.41. The quantitative estimate of drug-likeness (QED) is 0.927. The van der Waals surface area contributed by atoms with Crippen molar-refractivity contribution in [2.24, 2.45) is 0 Å². The van der Waals surface area contributed by atoms with Crippen LogP contribution >= 0.6 is 11.6 Å². The van der Waals surface area contributed by atoms with E-state index >= 15 is 0 Å². The van der Waals surface area contributed by atoms with Gasteiger partial charge in [0.2, 0.25) is 0 Å². The molecule has 1 aromatic carbocycles. The van der Waals surface area contributed by atoms with Crippen LogP contribution < -0.4 is 10.1 Å². The molecule has 22 heavy (non-hydrogen) atoms. The number of rotatable bonds is 3. The first-order valence-corrected chi connectivity index (χ1v) is 7.86. The summed E-state index contributed by atoms with van der Waals surface area (Å²) in [6, 6.07) is 5.11. The van der Waals surface area contributed by atoms with Gasteiger partial charge in [0, 0.05) is 30.7 Å². The molecule has 5 nitrogen and oxygen atoms in total. The highest BCUT2D eigenvalue weighted by atomic mass is 35.5. The van der Waals surface area contributed by atoms with Crippen molar-refractivity contribution in [2.75, 3.05) is 26.9 Å². The Bertz CT molecular complexity index is 557. The van der Waals surface area contributed by atoms with Gasteiger partial charge in [-0.3, -0.25) is 4.79 Å². The minimum absolute atomic E-state index is 0.0864. The maximum absolute atomic E-state index is 12.5. The number of benzene rings is 1. The number of ether oxygens (including phenoxy) is 3.